The zero-order valence-corrected chi connectivity index (χ0v) is 12.4. The van der Waals surface area contributed by atoms with E-state index in [9.17, 15) is 0 Å². The minimum Gasteiger partial charge on any atom is -0.324 e. The summed E-state index contributed by atoms with van der Waals surface area (Å²) in [6.07, 6.45) is 16.0. The third-order valence-electron chi connectivity index (χ3n) is 5.05. The van der Waals surface area contributed by atoms with Gasteiger partial charge in [0.2, 0.25) is 0 Å². The van der Waals surface area contributed by atoms with Crippen LogP contribution < -0.4 is 5.73 Å². The van der Waals surface area contributed by atoms with Crippen LogP contribution in [0.2, 0.25) is 0 Å². The smallest absolute Gasteiger partial charge is 0.0311 e. The van der Waals surface area contributed by atoms with Gasteiger partial charge in [-0.1, -0.05) is 44.8 Å². The molecule has 104 valence electrons. The second-order valence-electron chi connectivity index (χ2n) is 7.02. The third kappa shape index (κ3) is 3.17. The van der Waals surface area contributed by atoms with Gasteiger partial charge in [-0.25, -0.2) is 0 Å². The lowest BCUT2D eigenvalue weighted by Crippen LogP contribution is -2.42. The SMILES string of the molecule is CC(C)CC1(C(N)C2=CCCCCC2)CCCC1. The van der Waals surface area contributed by atoms with E-state index in [1.807, 2.05) is 0 Å². The topological polar surface area (TPSA) is 26.0 Å². The molecule has 2 aliphatic carbocycles. The number of allylic oxidation sites excluding steroid dienone is 1. The van der Waals surface area contributed by atoms with Gasteiger partial charge in [-0.05, 0) is 56.3 Å². The fourth-order valence-electron chi connectivity index (χ4n) is 4.25. The molecule has 2 rings (SSSR count). The molecule has 0 bridgehead atoms. The second-order valence-corrected chi connectivity index (χ2v) is 7.02. The molecule has 2 aliphatic rings. The maximum absolute atomic E-state index is 6.74. The largest absolute Gasteiger partial charge is 0.324 e. The normalized spacial score (nSPS) is 25.9. The van der Waals surface area contributed by atoms with E-state index in [0.717, 1.165) is 5.92 Å². The Morgan fingerprint density at radius 2 is 1.83 bits per heavy atom. The van der Waals surface area contributed by atoms with E-state index >= 15 is 0 Å². The molecule has 1 unspecified atom stereocenters. The van der Waals surface area contributed by atoms with E-state index in [1.54, 1.807) is 5.57 Å². The van der Waals surface area contributed by atoms with Gasteiger partial charge in [-0.15, -0.1) is 0 Å². The molecule has 1 heteroatoms. The Morgan fingerprint density at radius 3 is 2.50 bits per heavy atom. The van der Waals surface area contributed by atoms with Crippen molar-refractivity contribution in [1.29, 1.82) is 0 Å². The van der Waals surface area contributed by atoms with E-state index in [4.69, 9.17) is 5.73 Å². The molecule has 0 saturated heterocycles. The van der Waals surface area contributed by atoms with Gasteiger partial charge in [0, 0.05) is 6.04 Å². The minimum absolute atomic E-state index is 0.348. The van der Waals surface area contributed by atoms with Gasteiger partial charge < -0.3 is 5.73 Å². The fraction of sp³-hybridized carbons (Fsp3) is 0.882. The molecule has 0 aliphatic heterocycles. The highest BCUT2D eigenvalue weighted by Crippen LogP contribution is 2.47. The molecule has 0 amide bonds. The maximum atomic E-state index is 6.74. The fourth-order valence-corrected chi connectivity index (χ4v) is 4.25. The van der Waals surface area contributed by atoms with Gasteiger partial charge in [0.1, 0.15) is 0 Å². The van der Waals surface area contributed by atoms with Crippen molar-refractivity contribution in [2.75, 3.05) is 0 Å². The Balaban J connectivity index is 2.11. The molecule has 0 aromatic rings. The first kappa shape index (κ1) is 14.1. The summed E-state index contributed by atoms with van der Waals surface area (Å²) in [4.78, 5) is 0. The lowest BCUT2D eigenvalue weighted by molar-refractivity contribution is 0.199. The number of hydrogen-bond donors (Lipinski definition) is 1. The van der Waals surface area contributed by atoms with Crippen LogP contribution in [0.5, 0.6) is 0 Å². The van der Waals surface area contributed by atoms with Crippen molar-refractivity contribution in [3.8, 4) is 0 Å². The van der Waals surface area contributed by atoms with Gasteiger partial charge in [0.25, 0.3) is 0 Å². The van der Waals surface area contributed by atoms with Crippen LogP contribution in [0, 0.1) is 11.3 Å². The van der Waals surface area contributed by atoms with Crippen LogP contribution in [0.3, 0.4) is 0 Å². The molecular weight excluding hydrogens is 218 g/mol. The van der Waals surface area contributed by atoms with Crippen LogP contribution in [-0.2, 0) is 0 Å². The lowest BCUT2D eigenvalue weighted by Gasteiger charge is -2.38. The van der Waals surface area contributed by atoms with Gasteiger partial charge in [0.05, 0.1) is 0 Å². The van der Waals surface area contributed by atoms with E-state index in [2.05, 4.69) is 19.9 Å². The van der Waals surface area contributed by atoms with Gasteiger partial charge in [0.15, 0.2) is 0 Å². The Kier molecular flexibility index (Phi) is 4.89. The Hall–Kier alpha value is -0.300. The molecule has 0 spiro atoms. The molecule has 2 N–H and O–H groups in total. The minimum atomic E-state index is 0.348. The van der Waals surface area contributed by atoms with Crippen molar-refractivity contribution < 1.29 is 0 Å². The standard InChI is InChI=1S/C17H31N/c1-14(2)13-17(11-7-8-12-17)16(18)15-9-5-3-4-6-10-15/h9,14,16H,3-8,10-13,18H2,1-2H3. The van der Waals surface area contributed by atoms with Crippen LogP contribution in [0.15, 0.2) is 11.6 Å². The van der Waals surface area contributed by atoms with Crippen molar-refractivity contribution in [1.82, 2.24) is 0 Å². The average molecular weight is 249 g/mol. The monoisotopic (exact) mass is 249 g/mol. The summed E-state index contributed by atoms with van der Waals surface area (Å²) in [7, 11) is 0. The van der Waals surface area contributed by atoms with Crippen molar-refractivity contribution in [3.05, 3.63) is 11.6 Å². The second kappa shape index (κ2) is 6.23. The quantitative estimate of drug-likeness (QED) is 0.711. The lowest BCUT2D eigenvalue weighted by atomic mass is 9.70. The summed E-state index contributed by atoms with van der Waals surface area (Å²) in [5, 5.41) is 0. The van der Waals surface area contributed by atoms with Crippen molar-refractivity contribution in [2.45, 2.75) is 84.1 Å². The first-order valence-corrected chi connectivity index (χ1v) is 8.08. The summed E-state index contributed by atoms with van der Waals surface area (Å²) < 4.78 is 0. The van der Waals surface area contributed by atoms with E-state index in [0.29, 0.717) is 11.5 Å². The van der Waals surface area contributed by atoms with E-state index < -0.39 is 0 Å². The van der Waals surface area contributed by atoms with Crippen LogP contribution in [0.4, 0.5) is 0 Å². The van der Waals surface area contributed by atoms with Crippen molar-refractivity contribution in [2.24, 2.45) is 17.1 Å². The number of rotatable bonds is 4. The Bertz CT molecular complexity index is 284. The molecule has 1 saturated carbocycles. The molecule has 0 heterocycles. The predicted molar refractivity (Wildman–Crippen MR) is 79.5 cm³/mol. The number of nitrogens with two attached hydrogens (primary N) is 1. The maximum Gasteiger partial charge on any atom is 0.0311 e. The molecular formula is C17H31N. The highest BCUT2D eigenvalue weighted by Gasteiger charge is 2.40. The van der Waals surface area contributed by atoms with Crippen LogP contribution in [0.25, 0.3) is 0 Å². The van der Waals surface area contributed by atoms with E-state index in [-0.39, 0.29) is 0 Å². The molecule has 18 heavy (non-hydrogen) atoms. The molecule has 0 radical (unpaired) electrons. The molecule has 0 aromatic heterocycles. The molecule has 1 fully saturated rings. The van der Waals surface area contributed by atoms with Crippen LogP contribution in [-0.4, -0.2) is 6.04 Å². The zero-order chi connectivity index (χ0) is 13.0. The summed E-state index contributed by atoms with van der Waals surface area (Å²) in [6, 6.07) is 0.348. The Labute approximate surface area is 113 Å². The first-order chi connectivity index (χ1) is 8.64. The van der Waals surface area contributed by atoms with Gasteiger partial charge in [-0.3, -0.25) is 0 Å². The predicted octanol–water partition coefficient (Wildman–Crippen LogP) is 4.81. The van der Waals surface area contributed by atoms with Crippen LogP contribution in [0.1, 0.15) is 78.1 Å². The van der Waals surface area contributed by atoms with Gasteiger partial charge in [-0.2, -0.15) is 0 Å². The molecule has 0 aromatic carbocycles. The van der Waals surface area contributed by atoms with Gasteiger partial charge >= 0.3 is 0 Å². The summed E-state index contributed by atoms with van der Waals surface area (Å²) in [5.74, 6) is 0.778. The Morgan fingerprint density at radius 1 is 1.11 bits per heavy atom. The summed E-state index contributed by atoms with van der Waals surface area (Å²) in [6.45, 7) is 4.71. The molecule has 1 nitrogen and oxygen atoms in total. The highest BCUT2D eigenvalue weighted by atomic mass is 14.7. The van der Waals surface area contributed by atoms with Crippen LogP contribution >= 0.6 is 0 Å². The van der Waals surface area contributed by atoms with E-state index in [1.165, 1.54) is 64.2 Å². The summed E-state index contributed by atoms with van der Waals surface area (Å²) >= 11 is 0. The third-order valence-corrected chi connectivity index (χ3v) is 5.05. The first-order valence-electron chi connectivity index (χ1n) is 8.08. The zero-order valence-electron chi connectivity index (χ0n) is 12.4. The highest BCUT2D eigenvalue weighted by molar-refractivity contribution is 5.17. The summed E-state index contributed by atoms with van der Waals surface area (Å²) in [5.41, 5.74) is 8.77. The number of hydrogen-bond acceptors (Lipinski definition) is 1. The van der Waals surface area contributed by atoms with Crippen molar-refractivity contribution in [3.63, 3.8) is 0 Å². The molecule has 1 atom stereocenters. The average Bonchev–Trinajstić information content (AvgIpc) is 2.64. The van der Waals surface area contributed by atoms with Crippen molar-refractivity contribution >= 4 is 0 Å².